The molecule has 0 aliphatic carbocycles. The summed E-state index contributed by atoms with van der Waals surface area (Å²) >= 11 is 3.18. The molecule has 178 valence electrons. The molecule has 2 aromatic carbocycles. The molecule has 0 bridgehead atoms. The van der Waals surface area contributed by atoms with Crippen molar-refractivity contribution in [3.05, 3.63) is 75.5 Å². The Morgan fingerprint density at radius 1 is 1.24 bits per heavy atom. The number of carbonyl (C=O) groups excluding carboxylic acids is 1. The summed E-state index contributed by atoms with van der Waals surface area (Å²) in [4.78, 5) is 21.6. The van der Waals surface area contributed by atoms with Gasteiger partial charge in [0.15, 0.2) is 0 Å². The third-order valence-corrected chi connectivity index (χ3v) is 6.18. The van der Waals surface area contributed by atoms with Crippen molar-refractivity contribution in [1.29, 1.82) is 0 Å². The van der Waals surface area contributed by atoms with Crippen LogP contribution in [0.2, 0.25) is 0 Å². The third kappa shape index (κ3) is 5.40. The van der Waals surface area contributed by atoms with Crippen LogP contribution in [0.5, 0.6) is 0 Å². The number of aliphatic hydroxyl groups is 1. The molecule has 1 saturated heterocycles. The molecule has 34 heavy (non-hydrogen) atoms. The number of hydrogen-bond acceptors (Lipinski definition) is 6. The van der Waals surface area contributed by atoms with Crippen molar-refractivity contribution in [2.45, 2.75) is 24.8 Å². The van der Waals surface area contributed by atoms with Crippen LogP contribution in [0, 0.1) is 11.6 Å². The van der Waals surface area contributed by atoms with E-state index in [0.717, 1.165) is 18.5 Å². The Balaban J connectivity index is 1.56. The number of anilines is 1. The lowest BCUT2D eigenvalue weighted by Gasteiger charge is -2.22. The minimum absolute atomic E-state index is 0.157. The molecule has 1 aliphatic rings. The van der Waals surface area contributed by atoms with E-state index in [9.17, 15) is 18.7 Å². The molecule has 1 aromatic heterocycles. The van der Waals surface area contributed by atoms with Crippen molar-refractivity contribution in [3.8, 4) is 11.3 Å². The van der Waals surface area contributed by atoms with E-state index >= 15 is 0 Å². The number of nitrogens with one attached hydrogen (secondary N) is 1. The van der Waals surface area contributed by atoms with Crippen molar-refractivity contribution in [2.75, 3.05) is 25.6 Å². The van der Waals surface area contributed by atoms with Gasteiger partial charge in [-0.1, -0.05) is 22.0 Å². The fourth-order valence-electron chi connectivity index (χ4n) is 3.91. The van der Waals surface area contributed by atoms with Crippen LogP contribution in [0.4, 0.5) is 14.6 Å². The van der Waals surface area contributed by atoms with E-state index in [1.807, 2.05) is 0 Å². The number of carbonyl (C=O) groups is 1. The third-order valence-electron chi connectivity index (χ3n) is 5.72. The molecule has 2 heterocycles. The van der Waals surface area contributed by atoms with Crippen molar-refractivity contribution in [3.63, 3.8) is 0 Å². The number of nitrogens with two attached hydrogens (primary N) is 1. The molecule has 1 aliphatic heterocycles. The number of hydrogen-bond donors (Lipinski definition) is 3. The summed E-state index contributed by atoms with van der Waals surface area (Å²) in [6, 6.07) is 7.13. The maximum Gasteiger partial charge on any atom is 0.254 e. The van der Waals surface area contributed by atoms with Crippen molar-refractivity contribution in [2.24, 2.45) is 0 Å². The zero-order chi connectivity index (χ0) is 24.2. The Morgan fingerprint density at radius 2 is 2.00 bits per heavy atom. The topological polar surface area (TPSA) is 110 Å². The highest BCUT2D eigenvalue weighted by atomic mass is 79.9. The van der Waals surface area contributed by atoms with Crippen LogP contribution >= 0.6 is 15.9 Å². The standard InChI is InChI=1S/C24H23BrF2N4O3/c25-16-7-15(8-17(26)10-16)21(12-32)31-24(33)18-2-1-14(9-19(18)27)22-23(28)29-11-20(30-22)13-3-5-34-6-4-13/h1-2,7-11,13,21,32H,3-6,12H2,(H2,28,29)(H,31,33). The Labute approximate surface area is 203 Å². The molecule has 0 spiro atoms. The first-order valence-electron chi connectivity index (χ1n) is 10.7. The van der Waals surface area contributed by atoms with Crippen LogP contribution < -0.4 is 11.1 Å². The normalized spacial score (nSPS) is 15.2. The second-order valence-electron chi connectivity index (χ2n) is 8.02. The highest BCUT2D eigenvalue weighted by molar-refractivity contribution is 9.10. The zero-order valence-corrected chi connectivity index (χ0v) is 19.7. The van der Waals surface area contributed by atoms with Gasteiger partial charge in [0, 0.05) is 29.2 Å². The Morgan fingerprint density at radius 3 is 2.68 bits per heavy atom. The van der Waals surface area contributed by atoms with Crippen molar-refractivity contribution in [1.82, 2.24) is 15.3 Å². The number of nitrogen functional groups attached to an aromatic ring is 1. The Bertz CT molecular complexity index is 1180. The number of amides is 1. The lowest BCUT2D eigenvalue weighted by Crippen LogP contribution is -2.31. The summed E-state index contributed by atoms with van der Waals surface area (Å²) in [7, 11) is 0. The molecule has 0 radical (unpaired) electrons. The Hall–Kier alpha value is -2.95. The first-order chi connectivity index (χ1) is 16.4. The summed E-state index contributed by atoms with van der Waals surface area (Å²) in [6.07, 6.45) is 3.27. The number of halogens is 3. The van der Waals surface area contributed by atoms with Crippen LogP contribution in [-0.2, 0) is 4.74 Å². The molecule has 0 saturated carbocycles. The molecule has 1 unspecified atom stereocenters. The highest BCUT2D eigenvalue weighted by Gasteiger charge is 2.22. The van der Waals surface area contributed by atoms with Gasteiger partial charge in [0.2, 0.25) is 0 Å². The van der Waals surface area contributed by atoms with E-state index in [1.165, 1.54) is 24.3 Å². The van der Waals surface area contributed by atoms with Crippen molar-refractivity contribution >= 4 is 27.7 Å². The van der Waals surface area contributed by atoms with Gasteiger partial charge in [0.25, 0.3) is 5.91 Å². The monoisotopic (exact) mass is 532 g/mol. The minimum atomic E-state index is -0.920. The molecule has 7 nitrogen and oxygen atoms in total. The molecule has 10 heteroatoms. The second-order valence-corrected chi connectivity index (χ2v) is 8.94. The van der Waals surface area contributed by atoms with Gasteiger partial charge in [0.05, 0.1) is 30.1 Å². The molecular weight excluding hydrogens is 510 g/mol. The maximum atomic E-state index is 15.0. The predicted molar refractivity (Wildman–Crippen MR) is 126 cm³/mol. The van der Waals surface area contributed by atoms with E-state index in [4.69, 9.17) is 10.5 Å². The SMILES string of the molecule is Nc1ncc(C2CCOCC2)nc1-c1ccc(C(=O)NC(CO)c2cc(F)cc(Br)c2)c(F)c1. The van der Waals surface area contributed by atoms with Gasteiger partial charge in [-0.3, -0.25) is 4.79 Å². The largest absolute Gasteiger partial charge is 0.394 e. The molecule has 1 atom stereocenters. The second kappa shape index (κ2) is 10.5. The molecule has 1 fully saturated rings. The summed E-state index contributed by atoms with van der Waals surface area (Å²) in [5.74, 6) is -1.73. The fourth-order valence-corrected chi connectivity index (χ4v) is 4.39. The maximum absolute atomic E-state index is 15.0. The molecule has 1 amide bonds. The highest BCUT2D eigenvalue weighted by Crippen LogP contribution is 2.30. The van der Waals surface area contributed by atoms with Crippen LogP contribution in [-0.4, -0.2) is 40.8 Å². The fraction of sp³-hybridized carbons (Fsp3) is 0.292. The number of aliphatic hydroxyl groups excluding tert-OH is 1. The minimum Gasteiger partial charge on any atom is -0.394 e. The van der Waals surface area contributed by atoms with E-state index in [0.29, 0.717) is 34.5 Å². The van der Waals surface area contributed by atoms with Crippen LogP contribution in [0.25, 0.3) is 11.3 Å². The number of rotatable bonds is 6. The summed E-state index contributed by atoms with van der Waals surface area (Å²) in [6.45, 7) is 0.796. The number of ether oxygens (including phenoxy) is 1. The average Bonchev–Trinajstić information content (AvgIpc) is 2.82. The van der Waals surface area contributed by atoms with Gasteiger partial charge >= 0.3 is 0 Å². The van der Waals surface area contributed by atoms with Crippen LogP contribution in [0.15, 0.2) is 47.1 Å². The van der Waals surface area contributed by atoms with E-state index in [2.05, 4.69) is 31.2 Å². The average molecular weight is 533 g/mol. The van der Waals surface area contributed by atoms with Gasteiger partial charge in [-0.2, -0.15) is 0 Å². The number of aromatic nitrogens is 2. The summed E-state index contributed by atoms with van der Waals surface area (Å²) in [5.41, 5.74) is 7.61. The lowest BCUT2D eigenvalue weighted by molar-refractivity contribution is 0.0844. The molecule has 3 aromatic rings. The predicted octanol–water partition coefficient (Wildman–Crippen LogP) is 4.12. The van der Waals surface area contributed by atoms with Gasteiger partial charge in [-0.05, 0) is 48.7 Å². The van der Waals surface area contributed by atoms with E-state index < -0.39 is 30.2 Å². The molecule has 4 rings (SSSR count). The van der Waals surface area contributed by atoms with Crippen molar-refractivity contribution < 1.29 is 23.4 Å². The van der Waals surface area contributed by atoms with E-state index in [1.54, 1.807) is 18.3 Å². The van der Waals surface area contributed by atoms with E-state index in [-0.39, 0.29) is 17.3 Å². The lowest BCUT2D eigenvalue weighted by atomic mass is 9.96. The Kier molecular flexibility index (Phi) is 7.50. The first-order valence-corrected chi connectivity index (χ1v) is 11.5. The molecular formula is C24H23BrF2N4O3. The summed E-state index contributed by atoms with van der Waals surface area (Å²) < 4.78 is 34.5. The number of nitrogens with zero attached hydrogens (tertiary/aromatic N) is 2. The van der Waals surface area contributed by atoms with Crippen LogP contribution in [0.3, 0.4) is 0 Å². The quantitative estimate of drug-likeness (QED) is 0.440. The van der Waals surface area contributed by atoms with Gasteiger partial charge in [-0.15, -0.1) is 0 Å². The number of benzene rings is 2. The first kappa shape index (κ1) is 24.2. The van der Waals surface area contributed by atoms with Gasteiger partial charge < -0.3 is 20.9 Å². The molecule has 4 N–H and O–H groups in total. The summed E-state index contributed by atoms with van der Waals surface area (Å²) in [5, 5.41) is 12.2. The van der Waals surface area contributed by atoms with Gasteiger partial charge in [-0.25, -0.2) is 18.7 Å². The van der Waals surface area contributed by atoms with Gasteiger partial charge in [0.1, 0.15) is 23.1 Å². The van der Waals surface area contributed by atoms with Crippen LogP contribution in [0.1, 0.15) is 46.4 Å². The smallest absolute Gasteiger partial charge is 0.254 e. The zero-order valence-electron chi connectivity index (χ0n) is 18.1.